The van der Waals surface area contributed by atoms with Crippen molar-refractivity contribution in [3.8, 4) is 11.5 Å². The lowest BCUT2D eigenvalue weighted by Crippen LogP contribution is -2.54. The number of nitrogens with zero attached hydrogens (tertiary/aromatic N) is 1. The second kappa shape index (κ2) is 7.24. The number of imide groups is 2. The molecule has 1 fully saturated rings. The van der Waals surface area contributed by atoms with Gasteiger partial charge in [-0.15, -0.1) is 0 Å². The number of aromatic hydroxyl groups is 1. The van der Waals surface area contributed by atoms with Gasteiger partial charge >= 0.3 is 6.03 Å². The van der Waals surface area contributed by atoms with Gasteiger partial charge in [-0.2, -0.15) is 0 Å². The number of carbonyl (C=O) groups excluding carboxylic acids is 3. The van der Waals surface area contributed by atoms with Crippen molar-refractivity contribution in [3.05, 3.63) is 57.6 Å². The summed E-state index contributed by atoms with van der Waals surface area (Å²) in [4.78, 5) is 38.2. The number of phenolic OH excluding ortho intramolecular Hbond substituents is 1. The fourth-order valence-corrected chi connectivity index (χ4v) is 3.02. The van der Waals surface area contributed by atoms with Gasteiger partial charge in [-0.05, 0) is 42.8 Å². The summed E-state index contributed by atoms with van der Waals surface area (Å²) >= 11 is 3.27. The molecule has 3 rings (SSSR count). The predicted octanol–water partition coefficient (Wildman–Crippen LogP) is 3.14. The van der Waals surface area contributed by atoms with Crippen LogP contribution in [0.15, 0.2) is 46.4 Å². The van der Waals surface area contributed by atoms with Crippen LogP contribution in [-0.2, 0) is 9.59 Å². The van der Waals surface area contributed by atoms with E-state index in [1.807, 2.05) is 6.92 Å². The van der Waals surface area contributed by atoms with E-state index in [1.54, 1.807) is 24.3 Å². The first-order chi connectivity index (χ1) is 12.8. The van der Waals surface area contributed by atoms with Gasteiger partial charge in [0.1, 0.15) is 5.57 Å². The number of ether oxygens (including phenoxy) is 1. The maximum Gasteiger partial charge on any atom is 0.335 e. The van der Waals surface area contributed by atoms with E-state index in [1.165, 1.54) is 25.3 Å². The second-order valence-electron chi connectivity index (χ2n) is 5.84. The van der Waals surface area contributed by atoms with Gasteiger partial charge in [0.2, 0.25) is 0 Å². The monoisotopic (exact) mass is 430 g/mol. The van der Waals surface area contributed by atoms with E-state index in [0.29, 0.717) is 15.7 Å². The van der Waals surface area contributed by atoms with E-state index in [9.17, 15) is 19.5 Å². The Morgan fingerprint density at radius 1 is 1.15 bits per heavy atom. The number of rotatable bonds is 3. The van der Waals surface area contributed by atoms with Gasteiger partial charge in [-0.1, -0.05) is 33.6 Å². The van der Waals surface area contributed by atoms with Crippen molar-refractivity contribution in [1.82, 2.24) is 5.32 Å². The zero-order valence-electron chi connectivity index (χ0n) is 14.4. The van der Waals surface area contributed by atoms with Crippen molar-refractivity contribution in [1.29, 1.82) is 0 Å². The quantitative estimate of drug-likeness (QED) is 0.575. The molecule has 138 valence electrons. The van der Waals surface area contributed by atoms with Gasteiger partial charge < -0.3 is 9.84 Å². The number of hydrogen-bond donors (Lipinski definition) is 2. The topological polar surface area (TPSA) is 95.9 Å². The molecule has 0 atom stereocenters. The summed E-state index contributed by atoms with van der Waals surface area (Å²) in [5, 5.41) is 12.0. The molecule has 0 radical (unpaired) electrons. The summed E-state index contributed by atoms with van der Waals surface area (Å²) in [7, 11) is 1.39. The summed E-state index contributed by atoms with van der Waals surface area (Å²) < 4.78 is 5.50. The smallest absolute Gasteiger partial charge is 0.335 e. The van der Waals surface area contributed by atoms with Crippen LogP contribution in [0.1, 0.15) is 11.1 Å². The first kappa shape index (κ1) is 18.7. The molecular formula is C19H15BrN2O5. The van der Waals surface area contributed by atoms with Crippen LogP contribution in [0.4, 0.5) is 10.5 Å². The minimum Gasteiger partial charge on any atom is -0.504 e. The zero-order valence-corrected chi connectivity index (χ0v) is 16.0. The van der Waals surface area contributed by atoms with Crippen LogP contribution in [0.3, 0.4) is 0 Å². The number of benzene rings is 2. The molecule has 0 aromatic heterocycles. The first-order valence-electron chi connectivity index (χ1n) is 7.86. The summed E-state index contributed by atoms with van der Waals surface area (Å²) in [6.45, 7) is 1.88. The Labute approximate surface area is 163 Å². The highest BCUT2D eigenvalue weighted by Gasteiger charge is 2.36. The molecule has 0 bridgehead atoms. The molecule has 1 heterocycles. The highest BCUT2D eigenvalue weighted by Crippen LogP contribution is 2.34. The number of nitrogens with one attached hydrogen (secondary N) is 1. The molecule has 7 nitrogen and oxygen atoms in total. The molecule has 8 heteroatoms. The zero-order chi connectivity index (χ0) is 19.7. The normalized spacial score (nSPS) is 15.9. The van der Waals surface area contributed by atoms with Crippen LogP contribution < -0.4 is 15.0 Å². The largest absolute Gasteiger partial charge is 0.504 e. The molecule has 27 heavy (non-hydrogen) atoms. The van der Waals surface area contributed by atoms with E-state index in [4.69, 9.17) is 4.74 Å². The predicted molar refractivity (Wildman–Crippen MR) is 103 cm³/mol. The van der Waals surface area contributed by atoms with E-state index in [0.717, 1.165) is 10.5 Å². The molecule has 1 aliphatic rings. The van der Waals surface area contributed by atoms with Gasteiger partial charge in [-0.3, -0.25) is 14.9 Å². The second-order valence-corrected chi connectivity index (χ2v) is 6.69. The van der Waals surface area contributed by atoms with E-state index in [2.05, 4.69) is 21.2 Å². The van der Waals surface area contributed by atoms with Crippen LogP contribution in [0, 0.1) is 6.92 Å². The van der Waals surface area contributed by atoms with E-state index < -0.39 is 17.8 Å². The fraction of sp³-hybridized carbons (Fsp3) is 0.105. The number of barbiturate groups is 1. The van der Waals surface area contributed by atoms with Crippen molar-refractivity contribution in [3.63, 3.8) is 0 Å². The Kier molecular flexibility index (Phi) is 5.00. The van der Waals surface area contributed by atoms with Gasteiger partial charge in [0.15, 0.2) is 11.5 Å². The van der Waals surface area contributed by atoms with Gasteiger partial charge in [0, 0.05) is 4.47 Å². The fourth-order valence-electron chi connectivity index (χ4n) is 2.57. The molecule has 2 N–H and O–H groups in total. The SMILES string of the molecule is COc1cc(C=C2C(=O)NC(=O)N(c3ccc(C)cc3)C2=O)c(Br)cc1O. The average molecular weight is 431 g/mol. The summed E-state index contributed by atoms with van der Waals surface area (Å²) in [5.74, 6) is -1.46. The van der Waals surface area contributed by atoms with Gasteiger partial charge in [0.25, 0.3) is 11.8 Å². The molecule has 0 unspecified atom stereocenters. The lowest BCUT2D eigenvalue weighted by atomic mass is 10.1. The Bertz CT molecular complexity index is 982. The standard InChI is InChI=1S/C19H15BrN2O5/c1-10-3-5-12(6-4-10)22-18(25)13(17(24)21-19(22)26)7-11-8-16(27-2)15(23)9-14(11)20/h3-9,23H,1-2H3,(H,21,24,26). The van der Waals surface area contributed by atoms with Crippen molar-refractivity contribution >= 4 is 45.5 Å². The number of phenols is 1. The Hall–Kier alpha value is -3.13. The molecule has 2 aromatic rings. The van der Waals surface area contributed by atoms with Crippen LogP contribution >= 0.6 is 15.9 Å². The molecule has 2 aromatic carbocycles. The minimum absolute atomic E-state index is 0.0950. The number of aryl methyl sites for hydroxylation is 1. The minimum atomic E-state index is -0.812. The third-order valence-corrected chi connectivity index (χ3v) is 4.68. The average Bonchev–Trinajstić information content (AvgIpc) is 2.61. The maximum atomic E-state index is 12.8. The lowest BCUT2D eigenvalue weighted by molar-refractivity contribution is -0.122. The molecule has 0 saturated carbocycles. The number of methoxy groups -OCH3 is 1. The van der Waals surface area contributed by atoms with Crippen molar-refractivity contribution in [2.75, 3.05) is 12.0 Å². The van der Waals surface area contributed by atoms with Gasteiger partial charge in [0.05, 0.1) is 12.8 Å². The number of carbonyl (C=O) groups is 3. The Balaban J connectivity index is 2.06. The number of amides is 4. The molecule has 4 amide bonds. The van der Waals surface area contributed by atoms with Crippen molar-refractivity contribution < 1.29 is 24.2 Å². The maximum absolute atomic E-state index is 12.8. The van der Waals surface area contributed by atoms with Crippen LogP contribution in [0.2, 0.25) is 0 Å². The lowest BCUT2D eigenvalue weighted by Gasteiger charge is -2.26. The van der Waals surface area contributed by atoms with Crippen molar-refractivity contribution in [2.45, 2.75) is 6.92 Å². The summed E-state index contributed by atoms with van der Waals surface area (Å²) in [6, 6.07) is 8.82. The van der Waals surface area contributed by atoms with E-state index >= 15 is 0 Å². The van der Waals surface area contributed by atoms with Crippen LogP contribution in [0.25, 0.3) is 6.08 Å². The summed E-state index contributed by atoms with van der Waals surface area (Å²) in [6.07, 6.45) is 1.33. The molecule has 1 saturated heterocycles. The Morgan fingerprint density at radius 3 is 2.44 bits per heavy atom. The number of urea groups is 1. The third-order valence-electron chi connectivity index (χ3n) is 3.99. The molecule has 0 aliphatic carbocycles. The third kappa shape index (κ3) is 3.56. The highest BCUT2D eigenvalue weighted by molar-refractivity contribution is 9.10. The molecular weight excluding hydrogens is 416 g/mol. The van der Waals surface area contributed by atoms with Crippen molar-refractivity contribution in [2.24, 2.45) is 0 Å². The van der Waals surface area contributed by atoms with E-state index in [-0.39, 0.29) is 17.1 Å². The first-order valence-corrected chi connectivity index (χ1v) is 8.65. The van der Waals surface area contributed by atoms with Gasteiger partial charge in [-0.25, -0.2) is 9.69 Å². The number of halogens is 1. The number of anilines is 1. The molecule has 1 aliphatic heterocycles. The van der Waals surface area contributed by atoms with Crippen LogP contribution in [-0.4, -0.2) is 30.1 Å². The highest BCUT2D eigenvalue weighted by atomic mass is 79.9. The molecule has 0 spiro atoms. The summed E-state index contributed by atoms with van der Waals surface area (Å²) in [5.41, 5.74) is 1.53. The van der Waals surface area contributed by atoms with Crippen LogP contribution in [0.5, 0.6) is 11.5 Å². The Morgan fingerprint density at radius 2 is 1.81 bits per heavy atom. The number of hydrogen-bond acceptors (Lipinski definition) is 5.